The van der Waals surface area contributed by atoms with Gasteiger partial charge in [-0.15, -0.1) is 0 Å². The monoisotopic (exact) mass is 457 g/mol. The van der Waals surface area contributed by atoms with Gasteiger partial charge in [-0.3, -0.25) is 9.80 Å². The van der Waals surface area contributed by atoms with E-state index in [4.69, 9.17) is 0 Å². The van der Waals surface area contributed by atoms with Crippen molar-refractivity contribution in [2.75, 3.05) is 19.6 Å². The van der Waals surface area contributed by atoms with Gasteiger partial charge in [0.15, 0.2) is 0 Å². The fourth-order valence-electron chi connectivity index (χ4n) is 5.35. The van der Waals surface area contributed by atoms with E-state index in [1.165, 1.54) is 16.7 Å². The lowest BCUT2D eigenvalue weighted by Gasteiger charge is -2.47. The van der Waals surface area contributed by atoms with Gasteiger partial charge in [-0.25, -0.2) is 10.9 Å². The highest BCUT2D eigenvalue weighted by Gasteiger charge is 2.35. The molecule has 0 saturated carbocycles. The third-order valence-electron chi connectivity index (χ3n) is 7.20. The first-order valence-electron chi connectivity index (χ1n) is 12.2. The van der Waals surface area contributed by atoms with Crippen molar-refractivity contribution in [3.8, 4) is 5.75 Å². The Labute approximate surface area is 202 Å². The standard InChI is InChI=1S/C28H35N5O/c1-20-18-33(21(2)17-32(20)19-22-7-4-3-5-8-22)28(25-9-6-10-26(34)15-25)24-13-11-23(12-14-24)27-16-29-31-30-27/h3-15,20-21,27-31,34H,16-19H2,1-2H3/t20-,21+,27?,28-/m1/s1. The first-order valence-corrected chi connectivity index (χ1v) is 12.2. The van der Waals surface area contributed by atoms with Crippen molar-refractivity contribution in [1.29, 1.82) is 0 Å². The highest BCUT2D eigenvalue weighted by atomic mass is 16.3. The summed E-state index contributed by atoms with van der Waals surface area (Å²) < 4.78 is 0. The highest BCUT2D eigenvalue weighted by Crippen LogP contribution is 2.35. The van der Waals surface area contributed by atoms with Gasteiger partial charge in [-0.1, -0.05) is 66.7 Å². The Bertz CT molecular complexity index is 1070. The van der Waals surface area contributed by atoms with Crippen LogP contribution in [-0.4, -0.2) is 46.6 Å². The summed E-state index contributed by atoms with van der Waals surface area (Å²) in [5, 5.41) is 10.3. The highest BCUT2D eigenvalue weighted by molar-refractivity contribution is 5.38. The molecular weight excluding hydrogens is 422 g/mol. The van der Waals surface area contributed by atoms with Crippen LogP contribution >= 0.6 is 0 Å². The number of nitrogens with zero attached hydrogens (tertiary/aromatic N) is 2. The van der Waals surface area contributed by atoms with Crippen LogP contribution in [0.2, 0.25) is 0 Å². The molecule has 4 N–H and O–H groups in total. The first kappa shape index (κ1) is 23.0. The lowest BCUT2D eigenvalue weighted by atomic mass is 9.92. The van der Waals surface area contributed by atoms with Gasteiger partial charge in [-0.2, -0.15) is 5.53 Å². The molecule has 0 spiro atoms. The van der Waals surface area contributed by atoms with Crippen molar-refractivity contribution in [3.05, 3.63) is 101 Å². The zero-order valence-electron chi connectivity index (χ0n) is 20.0. The molecule has 2 aliphatic heterocycles. The van der Waals surface area contributed by atoms with E-state index in [0.717, 1.165) is 31.7 Å². The van der Waals surface area contributed by atoms with Crippen molar-refractivity contribution in [3.63, 3.8) is 0 Å². The number of rotatable bonds is 6. The Morgan fingerprint density at radius 3 is 2.38 bits per heavy atom. The van der Waals surface area contributed by atoms with Crippen LogP contribution in [-0.2, 0) is 6.54 Å². The summed E-state index contributed by atoms with van der Waals surface area (Å²) in [5.41, 5.74) is 14.4. The summed E-state index contributed by atoms with van der Waals surface area (Å²) in [4.78, 5) is 5.19. The summed E-state index contributed by atoms with van der Waals surface area (Å²) in [6.45, 7) is 8.46. The minimum atomic E-state index is 0.0882. The van der Waals surface area contributed by atoms with E-state index >= 15 is 0 Å². The molecule has 5 rings (SSSR count). The molecule has 0 aliphatic carbocycles. The third kappa shape index (κ3) is 5.02. The number of hydrazine groups is 2. The number of piperazine rings is 1. The lowest BCUT2D eigenvalue weighted by Crippen LogP contribution is -2.56. The van der Waals surface area contributed by atoms with E-state index < -0.39 is 0 Å². The first-order chi connectivity index (χ1) is 16.6. The summed E-state index contributed by atoms with van der Waals surface area (Å²) in [7, 11) is 0. The van der Waals surface area contributed by atoms with Gasteiger partial charge in [0, 0.05) is 38.3 Å². The van der Waals surface area contributed by atoms with Crippen LogP contribution in [0.25, 0.3) is 0 Å². The predicted molar refractivity (Wildman–Crippen MR) is 136 cm³/mol. The maximum absolute atomic E-state index is 10.3. The molecule has 178 valence electrons. The maximum atomic E-state index is 10.3. The van der Waals surface area contributed by atoms with Crippen LogP contribution in [0.15, 0.2) is 78.9 Å². The Balaban J connectivity index is 1.41. The summed E-state index contributed by atoms with van der Waals surface area (Å²) in [5.74, 6) is 0.315. The smallest absolute Gasteiger partial charge is 0.115 e. The van der Waals surface area contributed by atoms with Gasteiger partial charge >= 0.3 is 0 Å². The normalized spacial score (nSPS) is 24.8. The third-order valence-corrected chi connectivity index (χ3v) is 7.20. The number of nitrogens with one attached hydrogen (secondary N) is 3. The summed E-state index contributed by atoms with van der Waals surface area (Å²) in [6.07, 6.45) is 0. The molecule has 4 atom stereocenters. The Morgan fingerprint density at radius 1 is 0.882 bits per heavy atom. The Kier molecular flexibility index (Phi) is 6.94. The van der Waals surface area contributed by atoms with Crippen LogP contribution in [0, 0.1) is 0 Å². The summed E-state index contributed by atoms with van der Waals surface area (Å²) >= 11 is 0. The van der Waals surface area contributed by atoms with Gasteiger partial charge in [0.25, 0.3) is 0 Å². The van der Waals surface area contributed by atoms with Crippen molar-refractivity contribution in [2.24, 2.45) is 0 Å². The van der Waals surface area contributed by atoms with Crippen molar-refractivity contribution in [2.45, 2.75) is 44.6 Å². The van der Waals surface area contributed by atoms with E-state index in [9.17, 15) is 5.11 Å². The molecule has 0 amide bonds. The molecule has 0 aromatic heterocycles. The zero-order chi connectivity index (χ0) is 23.5. The van der Waals surface area contributed by atoms with E-state index in [1.54, 1.807) is 6.07 Å². The maximum Gasteiger partial charge on any atom is 0.115 e. The number of phenolic OH excluding ortho intramolecular Hbond substituents is 1. The van der Waals surface area contributed by atoms with Crippen LogP contribution in [0.5, 0.6) is 5.75 Å². The zero-order valence-corrected chi connectivity index (χ0v) is 20.0. The van der Waals surface area contributed by atoms with Crippen LogP contribution in [0.4, 0.5) is 0 Å². The minimum absolute atomic E-state index is 0.0882. The number of aromatic hydroxyl groups is 1. The van der Waals surface area contributed by atoms with Gasteiger partial charge < -0.3 is 5.11 Å². The molecule has 2 aliphatic rings. The van der Waals surface area contributed by atoms with Crippen molar-refractivity contribution in [1.82, 2.24) is 26.2 Å². The van der Waals surface area contributed by atoms with E-state index in [2.05, 4.69) is 101 Å². The predicted octanol–water partition coefficient (Wildman–Crippen LogP) is 3.73. The molecule has 1 unspecified atom stereocenters. The second-order valence-corrected chi connectivity index (χ2v) is 9.68. The number of hydrogen-bond donors (Lipinski definition) is 4. The van der Waals surface area contributed by atoms with Gasteiger partial charge in [-0.05, 0) is 48.2 Å². The van der Waals surface area contributed by atoms with Crippen LogP contribution in [0.3, 0.4) is 0 Å². The molecule has 34 heavy (non-hydrogen) atoms. The molecule has 0 bridgehead atoms. The van der Waals surface area contributed by atoms with Crippen LogP contribution in [0.1, 0.15) is 48.2 Å². The second-order valence-electron chi connectivity index (χ2n) is 9.68. The SMILES string of the molecule is C[C@@H]1CN([C@H](c2ccc(C3CNNN3)cc2)c2cccc(O)c2)[C@@H](C)CN1Cc1ccccc1. The Hall–Kier alpha value is -2.74. The second kappa shape index (κ2) is 10.3. The summed E-state index contributed by atoms with van der Waals surface area (Å²) in [6, 6.07) is 28.6. The number of hydrogen-bond acceptors (Lipinski definition) is 6. The van der Waals surface area contributed by atoms with E-state index in [0.29, 0.717) is 17.8 Å². The quantitative estimate of drug-likeness (QED) is 0.453. The van der Waals surface area contributed by atoms with Gasteiger partial charge in [0.05, 0.1) is 12.1 Å². The molecular formula is C28H35N5O. The largest absolute Gasteiger partial charge is 0.508 e. The fraction of sp³-hybridized carbons (Fsp3) is 0.357. The fourth-order valence-corrected chi connectivity index (χ4v) is 5.35. The van der Waals surface area contributed by atoms with Gasteiger partial charge in [0.1, 0.15) is 5.75 Å². The van der Waals surface area contributed by atoms with Gasteiger partial charge in [0.2, 0.25) is 0 Å². The van der Waals surface area contributed by atoms with E-state index in [-0.39, 0.29) is 12.1 Å². The van der Waals surface area contributed by atoms with E-state index in [1.807, 2.05) is 12.1 Å². The molecule has 6 heteroatoms. The molecule has 3 aromatic rings. The Morgan fingerprint density at radius 2 is 1.68 bits per heavy atom. The molecule has 2 saturated heterocycles. The lowest BCUT2D eigenvalue weighted by molar-refractivity contribution is 0.0195. The topological polar surface area (TPSA) is 62.8 Å². The molecule has 2 fully saturated rings. The molecule has 3 aromatic carbocycles. The molecule has 0 radical (unpaired) electrons. The average molecular weight is 458 g/mol. The molecule has 6 nitrogen and oxygen atoms in total. The van der Waals surface area contributed by atoms with Crippen molar-refractivity contribution >= 4 is 0 Å². The number of phenols is 1. The molecule has 2 heterocycles. The van der Waals surface area contributed by atoms with Crippen LogP contribution < -0.4 is 16.4 Å². The average Bonchev–Trinajstić information content (AvgIpc) is 3.39. The van der Waals surface area contributed by atoms with Crippen molar-refractivity contribution < 1.29 is 5.11 Å². The number of benzene rings is 3. The minimum Gasteiger partial charge on any atom is -0.508 e.